The molecule has 0 radical (unpaired) electrons. The fraction of sp³-hybridized carbons (Fsp3) is 0.250. The number of carbonyl (C=O) groups excluding carboxylic acids is 3. The van der Waals surface area contributed by atoms with Gasteiger partial charge in [-0.05, 0) is 18.2 Å². The third-order valence-corrected chi connectivity index (χ3v) is 4.05. The molecule has 2 amide bonds. The van der Waals surface area contributed by atoms with Crippen LogP contribution in [0.3, 0.4) is 0 Å². The molecule has 0 fully saturated rings. The van der Waals surface area contributed by atoms with Gasteiger partial charge in [0.1, 0.15) is 13.2 Å². The van der Waals surface area contributed by atoms with Crippen molar-refractivity contribution in [2.45, 2.75) is 13.5 Å². The fourth-order valence-electron chi connectivity index (χ4n) is 2.08. The maximum Gasteiger partial charge on any atom is 0.325 e. The van der Waals surface area contributed by atoms with Gasteiger partial charge in [0, 0.05) is 17.9 Å². The Hall–Kier alpha value is -3.14. The molecule has 1 aromatic heterocycles. The summed E-state index contributed by atoms with van der Waals surface area (Å²) in [4.78, 5) is 38.8. The lowest BCUT2D eigenvalue weighted by atomic mass is 10.2. The van der Waals surface area contributed by atoms with Crippen LogP contribution in [0.1, 0.15) is 23.0 Å². The molecule has 2 heterocycles. The third kappa shape index (κ3) is 4.48. The second-order valence-electron chi connectivity index (χ2n) is 5.24. The Kier molecular flexibility index (Phi) is 5.32. The van der Waals surface area contributed by atoms with Gasteiger partial charge in [-0.1, -0.05) is 0 Å². The second kappa shape index (κ2) is 7.83. The maximum absolute atomic E-state index is 12.1. The molecule has 0 atom stereocenters. The van der Waals surface area contributed by atoms with Gasteiger partial charge in [0.2, 0.25) is 12.7 Å². The molecule has 10 heteroatoms. The van der Waals surface area contributed by atoms with Gasteiger partial charge >= 0.3 is 5.97 Å². The highest BCUT2D eigenvalue weighted by Gasteiger charge is 2.17. The molecule has 0 aliphatic carbocycles. The fourth-order valence-corrected chi connectivity index (χ4v) is 2.82. The van der Waals surface area contributed by atoms with Crippen LogP contribution in [0.5, 0.6) is 11.5 Å². The summed E-state index contributed by atoms with van der Waals surface area (Å²) < 4.78 is 15.4. The molecule has 1 aliphatic rings. The summed E-state index contributed by atoms with van der Waals surface area (Å²) in [7, 11) is 0. The van der Waals surface area contributed by atoms with Gasteiger partial charge in [0.25, 0.3) is 5.91 Å². The third-order valence-electron chi connectivity index (χ3n) is 3.24. The number of esters is 1. The van der Waals surface area contributed by atoms with Crippen molar-refractivity contribution < 1.29 is 28.6 Å². The van der Waals surface area contributed by atoms with Crippen LogP contribution in [0, 0.1) is 0 Å². The second-order valence-corrected chi connectivity index (χ2v) is 6.09. The Bertz CT molecular complexity index is 850. The van der Waals surface area contributed by atoms with Crippen LogP contribution in [-0.4, -0.2) is 36.1 Å². The molecule has 0 unspecified atom stereocenters. The molecule has 26 heavy (non-hydrogen) atoms. The van der Waals surface area contributed by atoms with E-state index in [4.69, 9.17) is 14.2 Å². The number of fused-ring (bicyclic) bond motifs is 1. The topological polar surface area (TPSA) is 116 Å². The molecule has 3 rings (SSSR count). The zero-order chi connectivity index (χ0) is 18.5. The average Bonchev–Trinajstić information content (AvgIpc) is 3.25. The van der Waals surface area contributed by atoms with E-state index in [-0.39, 0.29) is 25.9 Å². The number of thiazole rings is 1. The maximum atomic E-state index is 12.1. The molecule has 1 aromatic carbocycles. The Labute approximate surface area is 152 Å². The monoisotopic (exact) mass is 377 g/mol. The Morgan fingerprint density at radius 2 is 2.08 bits per heavy atom. The smallest absolute Gasteiger partial charge is 0.325 e. The van der Waals surface area contributed by atoms with E-state index in [0.717, 1.165) is 0 Å². The number of nitrogens with zero attached hydrogens (tertiary/aromatic N) is 1. The van der Waals surface area contributed by atoms with Crippen molar-refractivity contribution in [2.24, 2.45) is 0 Å². The van der Waals surface area contributed by atoms with E-state index in [1.54, 1.807) is 23.6 Å². The zero-order valence-corrected chi connectivity index (χ0v) is 14.6. The highest BCUT2D eigenvalue weighted by atomic mass is 32.1. The van der Waals surface area contributed by atoms with Crippen molar-refractivity contribution >= 4 is 34.3 Å². The summed E-state index contributed by atoms with van der Waals surface area (Å²) in [6.07, 6.45) is 0. The van der Waals surface area contributed by atoms with Gasteiger partial charge in [-0.15, -0.1) is 11.3 Å². The van der Waals surface area contributed by atoms with Crippen molar-refractivity contribution in [3.8, 4) is 11.5 Å². The van der Waals surface area contributed by atoms with Gasteiger partial charge in [-0.2, -0.15) is 0 Å². The number of aromatic nitrogens is 1. The molecule has 0 saturated carbocycles. The number of rotatable bonds is 6. The molecule has 1 aliphatic heterocycles. The van der Waals surface area contributed by atoms with E-state index >= 15 is 0 Å². The SMILES string of the molecule is CC(=O)Nc1nc(COC(=O)CNC(=O)c2ccc3c(c2)OCO3)cs1. The number of carbonyl (C=O) groups is 3. The summed E-state index contributed by atoms with van der Waals surface area (Å²) in [5.41, 5.74) is 0.857. The van der Waals surface area contributed by atoms with Crippen LogP contribution in [0.4, 0.5) is 5.13 Å². The first-order chi connectivity index (χ1) is 12.5. The molecule has 136 valence electrons. The molecule has 0 spiro atoms. The minimum absolute atomic E-state index is 0.0468. The summed E-state index contributed by atoms with van der Waals surface area (Å²) >= 11 is 1.23. The van der Waals surface area contributed by atoms with Crippen molar-refractivity contribution in [2.75, 3.05) is 18.7 Å². The Morgan fingerprint density at radius 3 is 2.88 bits per heavy atom. The number of hydrogen-bond donors (Lipinski definition) is 2. The quantitative estimate of drug-likeness (QED) is 0.729. The summed E-state index contributed by atoms with van der Waals surface area (Å²) in [5, 5.41) is 7.11. The Morgan fingerprint density at radius 1 is 1.27 bits per heavy atom. The molecule has 0 saturated heterocycles. The minimum atomic E-state index is -0.604. The minimum Gasteiger partial charge on any atom is -0.458 e. The standard InChI is InChI=1S/C16H15N3O6S/c1-9(20)18-16-19-11(7-26-16)6-23-14(21)5-17-15(22)10-2-3-12-13(4-10)25-8-24-12/h2-4,7H,5-6,8H2,1H3,(H,17,22)(H,18,19,20). The lowest BCUT2D eigenvalue weighted by molar-refractivity contribution is -0.143. The lowest BCUT2D eigenvalue weighted by Gasteiger charge is -2.06. The zero-order valence-electron chi connectivity index (χ0n) is 13.7. The van der Waals surface area contributed by atoms with Gasteiger partial charge in [0.05, 0.1) is 5.69 Å². The highest BCUT2D eigenvalue weighted by molar-refractivity contribution is 7.13. The van der Waals surface area contributed by atoms with E-state index in [9.17, 15) is 14.4 Å². The van der Waals surface area contributed by atoms with Gasteiger partial charge in [-0.25, -0.2) is 4.98 Å². The van der Waals surface area contributed by atoms with Crippen molar-refractivity contribution in [3.05, 3.63) is 34.8 Å². The van der Waals surface area contributed by atoms with E-state index in [1.807, 2.05) is 0 Å². The van der Waals surface area contributed by atoms with Crippen molar-refractivity contribution in [3.63, 3.8) is 0 Å². The highest BCUT2D eigenvalue weighted by Crippen LogP contribution is 2.32. The van der Waals surface area contributed by atoms with E-state index in [2.05, 4.69) is 15.6 Å². The van der Waals surface area contributed by atoms with Crippen molar-refractivity contribution in [1.82, 2.24) is 10.3 Å². The van der Waals surface area contributed by atoms with Crippen LogP contribution in [-0.2, 0) is 20.9 Å². The molecule has 0 bridgehead atoms. The van der Waals surface area contributed by atoms with Gasteiger partial charge in [0.15, 0.2) is 16.6 Å². The van der Waals surface area contributed by atoms with E-state index in [0.29, 0.717) is 27.9 Å². The first kappa shape index (κ1) is 17.7. The van der Waals surface area contributed by atoms with E-state index < -0.39 is 11.9 Å². The predicted molar refractivity (Wildman–Crippen MR) is 91.1 cm³/mol. The predicted octanol–water partition coefficient (Wildman–Crippen LogP) is 1.30. The summed E-state index contributed by atoms with van der Waals surface area (Å²) in [5.74, 6) is -0.203. The van der Waals surface area contributed by atoms with Gasteiger partial charge < -0.3 is 24.8 Å². The number of amides is 2. The van der Waals surface area contributed by atoms with E-state index in [1.165, 1.54) is 18.3 Å². The number of benzene rings is 1. The summed E-state index contributed by atoms with van der Waals surface area (Å²) in [6, 6.07) is 4.75. The molecular weight excluding hydrogens is 362 g/mol. The van der Waals surface area contributed by atoms with Crippen LogP contribution in [0.25, 0.3) is 0 Å². The molecular formula is C16H15N3O6S. The normalized spacial score (nSPS) is 11.7. The van der Waals surface area contributed by atoms with Crippen LogP contribution >= 0.6 is 11.3 Å². The average molecular weight is 377 g/mol. The largest absolute Gasteiger partial charge is 0.458 e. The lowest BCUT2D eigenvalue weighted by Crippen LogP contribution is -2.30. The van der Waals surface area contributed by atoms with Crippen LogP contribution in [0.2, 0.25) is 0 Å². The number of anilines is 1. The summed E-state index contributed by atoms with van der Waals surface area (Å²) in [6.45, 7) is 1.17. The van der Waals surface area contributed by atoms with Crippen LogP contribution < -0.4 is 20.1 Å². The number of ether oxygens (including phenoxy) is 3. The molecule has 2 N–H and O–H groups in total. The van der Waals surface area contributed by atoms with Gasteiger partial charge in [-0.3, -0.25) is 14.4 Å². The first-order valence-corrected chi connectivity index (χ1v) is 8.44. The number of hydrogen-bond acceptors (Lipinski definition) is 8. The van der Waals surface area contributed by atoms with Crippen molar-refractivity contribution in [1.29, 1.82) is 0 Å². The first-order valence-electron chi connectivity index (χ1n) is 7.57. The number of nitrogens with one attached hydrogen (secondary N) is 2. The molecule has 2 aromatic rings. The molecule has 9 nitrogen and oxygen atoms in total. The Balaban J connectivity index is 1.44. The van der Waals surface area contributed by atoms with Crippen LogP contribution in [0.15, 0.2) is 23.6 Å².